The van der Waals surface area contributed by atoms with Crippen LogP contribution in [0, 0.1) is 0 Å². The van der Waals surface area contributed by atoms with Crippen LogP contribution in [-0.4, -0.2) is 26.8 Å². The molecule has 20 heavy (non-hydrogen) atoms. The second kappa shape index (κ2) is 6.22. The van der Waals surface area contributed by atoms with Crippen molar-refractivity contribution in [1.29, 1.82) is 0 Å². The standard InChI is InChI=1S/C14H19ClN4O/c1-14(2,3)13-16-17-18-19(13)9-4-10-20-12-7-5-11(15)6-8-12/h5-8H,4,9-10H2,1-3H3. The van der Waals surface area contributed by atoms with Crippen LogP contribution >= 0.6 is 11.6 Å². The Morgan fingerprint density at radius 3 is 2.55 bits per heavy atom. The lowest BCUT2D eigenvalue weighted by molar-refractivity contribution is 0.294. The number of tetrazole rings is 1. The van der Waals surface area contributed by atoms with Gasteiger partial charge in [-0.2, -0.15) is 0 Å². The van der Waals surface area contributed by atoms with E-state index < -0.39 is 0 Å². The molecule has 6 heteroatoms. The molecule has 1 heterocycles. The molecule has 0 radical (unpaired) electrons. The molecule has 0 saturated carbocycles. The summed E-state index contributed by atoms with van der Waals surface area (Å²) in [6, 6.07) is 7.35. The number of rotatable bonds is 5. The van der Waals surface area contributed by atoms with E-state index in [1.807, 2.05) is 28.9 Å². The monoisotopic (exact) mass is 294 g/mol. The first-order valence-corrected chi connectivity index (χ1v) is 6.99. The minimum absolute atomic E-state index is 0.0550. The largest absolute Gasteiger partial charge is 0.494 e. The zero-order valence-corrected chi connectivity index (χ0v) is 12.8. The van der Waals surface area contributed by atoms with Gasteiger partial charge in [0.25, 0.3) is 0 Å². The molecule has 0 bridgehead atoms. The summed E-state index contributed by atoms with van der Waals surface area (Å²) in [5.74, 6) is 1.71. The summed E-state index contributed by atoms with van der Waals surface area (Å²) in [4.78, 5) is 0. The van der Waals surface area contributed by atoms with Crippen molar-refractivity contribution in [3.05, 3.63) is 35.1 Å². The predicted octanol–water partition coefficient (Wildman–Crippen LogP) is 3.09. The molecule has 0 fully saturated rings. The van der Waals surface area contributed by atoms with Gasteiger partial charge in [-0.15, -0.1) is 5.10 Å². The van der Waals surface area contributed by atoms with Gasteiger partial charge in [-0.3, -0.25) is 0 Å². The van der Waals surface area contributed by atoms with Crippen LogP contribution in [0.1, 0.15) is 33.0 Å². The second-order valence-electron chi connectivity index (χ2n) is 5.63. The minimum atomic E-state index is -0.0550. The molecule has 0 spiro atoms. The van der Waals surface area contributed by atoms with Gasteiger partial charge in [-0.05, 0) is 34.7 Å². The molecule has 0 atom stereocenters. The van der Waals surface area contributed by atoms with Crippen LogP contribution in [0.15, 0.2) is 24.3 Å². The number of hydrogen-bond acceptors (Lipinski definition) is 4. The zero-order valence-electron chi connectivity index (χ0n) is 12.0. The van der Waals surface area contributed by atoms with Crippen molar-refractivity contribution in [2.45, 2.75) is 39.2 Å². The smallest absolute Gasteiger partial charge is 0.156 e. The molecule has 0 amide bonds. The third-order valence-corrected chi connectivity index (χ3v) is 3.05. The summed E-state index contributed by atoms with van der Waals surface area (Å²) in [6.07, 6.45) is 0.844. The Bertz CT molecular complexity index is 545. The van der Waals surface area contributed by atoms with Crippen LogP contribution in [0.5, 0.6) is 5.75 Å². The molecular weight excluding hydrogens is 276 g/mol. The first kappa shape index (κ1) is 14.8. The fraction of sp³-hybridized carbons (Fsp3) is 0.500. The highest BCUT2D eigenvalue weighted by atomic mass is 35.5. The van der Waals surface area contributed by atoms with E-state index in [-0.39, 0.29) is 5.41 Å². The molecule has 0 N–H and O–H groups in total. The third-order valence-electron chi connectivity index (χ3n) is 2.80. The minimum Gasteiger partial charge on any atom is -0.494 e. The third kappa shape index (κ3) is 3.93. The SMILES string of the molecule is CC(C)(C)c1nnnn1CCCOc1ccc(Cl)cc1. The van der Waals surface area contributed by atoms with Crippen LogP contribution in [0.25, 0.3) is 0 Å². The average molecular weight is 295 g/mol. The Morgan fingerprint density at radius 2 is 1.90 bits per heavy atom. The summed E-state index contributed by atoms with van der Waals surface area (Å²) in [6.45, 7) is 7.65. The summed E-state index contributed by atoms with van der Waals surface area (Å²) >= 11 is 5.82. The molecule has 1 aromatic carbocycles. The highest BCUT2D eigenvalue weighted by Gasteiger charge is 2.21. The maximum atomic E-state index is 5.82. The molecular formula is C14H19ClN4O. The van der Waals surface area contributed by atoms with E-state index in [1.165, 1.54) is 0 Å². The van der Waals surface area contributed by atoms with Gasteiger partial charge in [-0.25, -0.2) is 4.68 Å². The molecule has 1 aromatic heterocycles. The molecule has 0 aliphatic heterocycles. The fourth-order valence-corrected chi connectivity index (χ4v) is 1.95. The molecule has 0 aliphatic rings. The molecule has 2 aromatic rings. The Kier molecular flexibility index (Phi) is 4.60. The summed E-state index contributed by atoms with van der Waals surface area (Å²) in [5.41, 5.74) is -0.0550. The van der Waals surface area contributed by atoms with Crippen molar-refractivity contribution in [2.24, 2.45) is 0 Å². The molecule has 0 unspecified atom stereocenters. The summed E-state index contributed by atoms with van der Waals surface area (Å²) in [7, 11) is 0. The first-order valence-electron chi connectivity index (χ1n) is 6.62. The predicted molar refractivity (Wildman–Crippen MR) is 78.1 cm³/mol. The highest BCUT2D eigenvalue weighted by Crippen LogP contribution is 2.19. The lowest BCUT2D eigenvalue weighted by atomic mass is 9.96. The van der Waals surface area contributed by atoms with Gasteiger partial charge in [0.05, 0.1) is 6.61 Å². The number of aromatic nitrogens is 4. The van der Waals surface area contributed by atoms with Crippen LogP contribution in [0.3, 0.4) is 0 Å². The molecule has 5 nitrogen and oxygen atoms in total. The summed E-state index contributed by atoms with van der Waals surface area (Å²) in [5, 5.41) is 12.6. The number of aryl methyl sites for hydroxylation is 1. The van der Waals surface area contributed by atoms with Crippen molar-refractivity contribution in [1.82, 2.24) is 20.2 Å². The maximum absolute atomic E-state index is 5.82. The van der Waals surface area contributed by atoms with Crippen LogP contribution in [-0.2, 0) is 12.0 Å². The van der Waals surface area contributed by atoms with E-state index in [0.717, 1.165) is 24.5 Å². The lowest BCUT2D eigenvalue weighted by Crippen LogP contribution is -2.20. The summed E-state index contributed by atoms with van der Waals surface area (Å²) < 4.78 is 7.48. The van der Waals surface area contributed by atoms with E-state index in [0.29, 0.717) is 11.6 Å². The number of hydrogen-bond donors (Lipinski definition) is 0. The van der Waals surface area contributed by atoms with Crippen LogP contribution < -0.4 is 4.74 Å². The van der Waals surface area contributed by atoms with Crippen LogP contribution in [0.2, 0.25) is 5.02 Å². The Hall–Kier alpha value is -1.62. The zero-order chi connectivity index (χ0) is 14.6. The van der Waals surface area contributed by atoms with Gasteiger partial charge >= 0.3 is 0 Å². The fourth-order valence-electron chi connectivity index (χ4n) is 1.83. The van der Waals surface area contributed by atoms with E-state index in [2.05, 4.69) is 36.3 Å². The van der Waals surface area contributed by atoms with Gasteiger partial charge in [0.1, 0.15) is 5.75 Å². The second-order valence-corrected chi connectivity index (χ2v) is 6.07. The van der Waals surface area contributed by atoms with Crippen LogP contribution in [0.4, 0.5) is 0 Å². The van der Waals surface area contributed by atoms with Crippen molar-refractivity contribution < 1.29 is 4.74 Å². The Balaban J connectivity index is 1.82. The van der Waals surface area contributed by atoms with E-state index >= 15 is 0 Å². The molecule has 0 aliphatic carbocycles. The number of ether oxygens (including phenoxy) is 1. The topological polar surface area (TPSA) is 52.8 Å². The first-order chi connectivity index (χ1) is 9.47. The van der Waals surface area contributed by atoms with Gasteiger partial charge in [0, 0.05) is 23.4 Å². The lowest BCUT2D eigenvalue weighted by Gasteiger charge is -2.17. The number of nitrogens with zero attached hydrogens (tertiary/aromatic N) is 4. The Labute approximate surface area is 123 Å². The van der Waals surface area contributed by atoms with E-state index in [4.69, 9.17) is 16.3 Å². The van der Waals surface area contributed by atoms with Gasteiger partial charge in [0.2, 0.25) is 0 Å². The Morgan fingerprint density at radius 1 is 1.20 bits per heavy atom. The molecule has 2 rings (SSSR count). The molecule has 108 valence electrons. The van der Waals surface area contributed by atoms with Gasteiger partial charge in [-0.1, -0.05) is 32.4 Å². The van der Waals surface area contributed by atoms with Crippen molar-refractivity contribution in [3.63, 3.8) is 0 Å². The number of halogens is 1. The van der Waals surface area contributed by atoms with Crippen molar-refractivity contribution in [2.75, 3.05) is 6.61 Å². The van der Waals surface area contributed by atoms with Gasteiger partial charge in [0.15, 0.2) is 5.82 Å². The average Bonchev–Trinajstić information content (AvgIpc) is 2.85. The van der Waals surface area contributed by atoms with E-state index in [1.54, 1.807) is 0 Å². The highest BCUT2D eigenvalue weighted by molar-refractivity contribution is 6.30. The normalized spacial score (nSPS) is 11.6. The maximum Gasteiger partial charge on any atom is 0.156 e. The van der Waals surface area contributed by atoms with Gasteiger partial charge < -0.3 is 4.74 Å². The number of benzene rings is 1. The van der Waals surface area contributed by atoms with Crippen molar-refractivity contribution in [3.8, 4) is 5.75 Å². The van der Waals surface area contributed by atoms with Crippen molar-refractivity contribution >= 4 is 11.6 Å². The molecule has 0 saturated heterocycles. The quantitative estimate of drug-likeness (QED) is 0.795. The van der Waals surface area contributed by atoms with E-state index in [9.17, 15) is 0 Å².